The third-order valence-corrected chi connectivity index (χ3v) is 3.82. The van der Waals surface area contributed by atoms with Gasteiger partial charge in [0.25, 0.3) is 0 Å². The largest absolute Gasteiger partial charge is 0.493 e. The molecule has 134 valence electrons. The standard InChI is InChI=1S/C19H22O6/c1-21-15-8-6-12(11-17(15)23-3)10-14(20)13-7-9-16(22-2)19(25-5)18(13)24-4/h6-9,11H,10H2,1-5H3. The van der Waals surface area contributed by atoms with E-state index in [0.29, 0.717) is 34.3 Å². The van der Waals surface area contributed by atoms with E-state index in [0.717, 1.165) is 5.56 Å². The van der Waals surface area contributed by atoms with Crippen LogP contribution in [0.15, 0.2) is 30.3 Å². The maximum absolute atomic E-state index is 12.8. The van der Waals surface area contributed by atoms with Crippen LogP contribution in [-0.2, 0) is 6.42 Å². The second-order valence-electron chi connectivity index (χ2n) is 5.17. The molecule has 0 bridgehead atoms. The Kier molecular flexibility index (Phi) is 6.11. The highest BCUT2D eigenvalue weighted by Gasteiger charge is 2.21. The number of ketones is 1. The number of Topliss-reactive ketones (excluding diaryl/α,β-unsaturated/α-hetero) is 1. The first-order valence-corrected chi connectivity index (χ1v) is 7.62. The Hall–Kier alpha value is -2.89. The number of methoxy groups -OCH3 is 5. The van der Waals surface area contributed by atoms with Crippen LogP contribution in [0.5, 0.6) is 28.7 Å². The summed E-state index contributed by atoms with van der Waals surface area (Å²) in [5.74, 6) is 2.33. The van der Waals surface area contributed by atoms with Crippen molar-refractivity contribution in [2.24, 2.45) is 0 Å². The molecule has 0 heterocycles. The van der Waals surface area contributed by atoms with Crippen molar-refractivity contribution >= 4 is 5.78 Å². The van der Waals surface area contributed by atoms with Crippen molar-refractivity contribution in [1.82, 2.24) is 0 Å². The Morgan fingerprint density at radius 2 is 1.32 bits per heavy atom. The minimum atomic E-state index is -0.106. The number of hydrogen-bond donors (Lipinski definition) is 0. The Morgan fingerprint density at radius 1 is 0.720 bits per heavy atom. The second-order valence-corrected chi connectivity index (χ2v) is 5.17. The Morgan fingerprint density at radius 3 is 1.88 bits per heavy atom. The molecule has 0 aliphatic heterocycles. The van der Waals surface area contributed by atoms with Crippen LogP contribution < -0.4 is 23.7 Å². The van der Waals surface area contributed by atoms with Gasteiger partial charge in [-0.2, -0.15) is 0 Å². The van der Waals surface area contributed by atoms with E-state index >= 15 is 0 Å². The van der Waals surface area contributed by atoms with Gasteiger partial charge in [0, 0.05) is 6.42 Å². The fourth-order valence-electron chi connectivity index (χ4n) is 2.59. The molecule has 2 aromatic rings. The molecule has 2 aromatic carbocycles. The Labute approximate surface area is 147 Å². The van der Waals surface area contributed by atoms with E-state index in [1.807, 2.05) is 6.07 Å². The number of ether oxygens (including phenoxy) is 5. The van der Waals surface area contributed by atoms with Crippen molar-refractivity contribution in [3.63, 3.8) is 0 Å². The smallest absolute Gasteiger partial charge is 0.204 e. The first-order chi connectivity index (χ1) is 12.1. The number of carbonyl (C=O) groups excluding carboxylic acids is 1. The summed E-state index contributed by atoms with van der Waals surface area (Å²) >= 11 is 0. The van der Waals surface area contributed by atoms with E-state index in [1.54, 1.807) is 38.5 Å². The summed E-state index contributed by atoms with van der Waals surface area (Å²) in [7, 11) is 7.65. The van der Waals surface area contributed by atoms with E-state index < -0.39 is 0 Å². The molecule has 0 amide bonds. The summed E-state index contributed by atoms with van der Waals surface area (Å²) in [5, 5.41) is 0. The molecule has 6 heteroatoms. The van der Waals surface area contributed by atoms with Gasteiger partial charge in [0.15, 0.2) is 28.8 Å². The lowest BCUT2D eigenvalue weighted by molar-refractivity contribution is 0.0989. The summed E-state index contributed by atoms with van der Waals surface area (Å²) < 4.78 is 26.4. The number of carbonyl (C=O) groups is 1. The normalized spacial score (nSPS) is 10.1. The third kappa shape index (κ3) is 3.79. The molecule has 6 nitrogen and oxygen atoms in total. The van der Waals surface area contributed by atoms with Crippen LogP contribution in [0.3, 0.4) is 0 Å². The van der Waals surface area contributed by atoms with Crippen molar-refractivity contribution in [3.8, 4) is 28.7 Å². The minimum Gasteiger partial charge on any atom is -0.493 e. The molecular formula is C19H22O6. The van der Waals surface area contributed by atoms with E-state index in [-0.39, 0.29) is 12.2 Å². The monoisotopic (exact) mass is 346 g/mol. The highest BCUT2D eigenvalue weighted by molar-refractivity contribution is 6.01. The van der Waals surface area contributed by atoms with Crippen molar-refractivity contribution in [1.29, 1.82) is 0 Å². The van der Waals surface area contributed by atoms with Gasteiger partial charge in [0.1, 0.15) is 0 Å². The third-order valence-electron chi connectivity index (χ3n) is 3.82. The van der Waals surface area contributed by atoms with Gasteiger partial charge in [-0.3, -0.25) is 4.79 Å². The van der Waals surface area contributed by atoms with Crippen LogP contribution in [0, 0.1) is 0 Å². The zero-order valence-electron chi connectivity index (χ0n) is 15.0. The summed E-state index contributed by atoms with van der Waals surface area (Å²) in [4.78, 5) is 12.8. The topological polar surface area (TPSA) is 63.2 Å². The second kappa shape index (κ2) is 8.28. The molecular weight excluding hydrogens is 324 g/mol. The number of rotatable bonds is 8. The first-order valence-electron chi connectivity index (χ1n) is 7.62. The summed E-state index contributed by atoms with van der Waals surface area (Å²) in [5.41, 5.74) is 1.23. The highest BCUT2D eigenvalue weighted by Crippen LogP contribution is 2.40. The van der Waals surface area contributed by atoms with Gasteiger partial charge in [-0.1, -0.05) is 6.07 Å². The average molecular weight is 346 g/mol. The lowest BCUT2D eigenvalue weighted by atomic mass is 10.0. The van der Waals surface area contributed by atoms with Gasteiger partial charge >= 0.3 is 0 Å². The van der Waals surface area contributed by atoms with Crippen molar-refractivity contribution in [2.45, 2.75) is 6.42 Å². The van der Waals surface area contributed by atoms with Gasteiger partial charge in [0.2, 0.25) is 5.75 Å². The van der Waals surface area contributed by atoms with E-state index in [2.05, 4.69) is 0 Å². The molecule has 0 radical (unpaired) electrons. The average Bonchev–Trinajstić information content (AvgIpc) is 2.66. The van der Waals surface area contributed by atoms with Crippen LogP contribution in [0.25, 0.3) is 0 Å². The maximum atomic E-state index is 12.8. The number of hydrogen-bond acceptors (Lipinski definition) is 6. The molecule has 0 aromatic heterocycles. The molecule has 0 N–H and O–H groups in total. The molecule has 2 rings (SSSR count). The molecule has 0 saturated carbocycles. The molecule has 0 aliphatic carbocycles. The predicted octanol–water partition coefficient (Wildman–Crippen LogP) is 3.16. The predicted molar refractivity (Wildman–Crippen MR) is 93.7 cm³/mol. The lowest BCUT2D eigenvalue weighted by Crippen LogP contribution is -2.08. The molecule has 0 fully saturated rings. The van der Waals surface area contributed by atoms with Gasteiger partial charge < -0.3 is 23.7 Å². The highest BCUT2D eigenvalue weighted by atomic mass is 16.5. The van der Waals surface area contributed by atoms with Gasteiger partial charge in [-0.05, 0) is 29.8 Å². The quantitative estimate of drug-likeness (QED) is 0.684. The Balaban J connectivity index is 2.35. The van der Waals surface area contributed by atoms with Gasteiger partial charge in [0.05, 0.1) is 41.1 Å². The molecule has 25 heavy (non-hydrogen) atoms. The van der Waals surface area contributed by atoms with E-state index in [4.69, 9.17) is 23.7 Å². The zero-order chi connectivity index (χ0) is 18.4. The molecule has 0 atom stereocenters. The van der Waals surface area contributed by atoms with E-state index in [1.165, 1.54) is 21.3 Å². The van der Waals surface area contributed by atoms with Gasteiger partial charge in [-0.15, -0.1) is 0 Å². The molecule has 0 saturated heterocycles. The van der Waals surface area contributed by atoms with Crippen molar-refractivity contribution < 1.29 is 28.5 Å². The van der Waals surface area contributed by atoms with E-state index in [9.17, 15) is 4.79 Å². The lowest BCUT2D eigenvalue weighted by Gasteiger charge is -2.15. The summed E-state index contributed by atoms with van der Waals surface area (Å²) in [6.07, 6.45) is 0.187. The fourth-order valence-corrected chi connectivity index (χ4v) is 2.59. The molecule has 0 aliphatic rings. The summed E-state index contributed by atoms with van der Waals surface area (Å²) in [6, 6.07) is 8.73. The maximum Gasteiger partial charge on any atom is 0.204 e. The minimum absolute atomic E-state index is 0.106. The van der Waals surface area contributed by atoms with Crippen molar-refractivity contribution in [3.05, 3.63) is 41.5 Å². The van der Waals surface area contributed by atoms with Crippen LogP contribution in [-0.4, -0.2) is 41.3 Å². The first kappa shape index (κ1) is 18.4. The number of benzene rings is 2. The summed E-state index contributed by atoms with van der Waals surface area (Å²) in [6.45, 7) is 0. The van der Waals surface area contributed by atoms with Crippen LogP contribution >= 0.6 is 0 Å². The SMILES string of the molecule is COc1ccc(CC(=O)c2ccc(OC)c(OC)c2OC)cc1OC. The molecule has 0 spiro atoms. The van der Waals surface area contributed by atoms with Crippen molar-refractivity contribution in [2.75, 3.05) is 35.5 Å². The van der Waals surface area contributed by atoms with Crippen LogP contribution in [0.4, 0.5) is 0 Å². The van der Waals surface area contributed by atoms with Gasteiger partial charge in [-0.25, -0.2) is 0 Å². The van der Waals surface area contributed by atoms with Crippen LogP contribution in [0.1, 0.15) is 15.9 Å². The fraction of sp³-hybridized carbons (Fsp3) is 0.316. The Bertz CT molecular complexity index is 754. The zero-order valence-corrected chi connectivity index (χ0v) is 15.0. The van der Waals surface area contributed by atoms with Crippen LogP contribution in [0.2, 0.25) is 0 Å². The molecule has 0 unspecified atom stereocenters.